The van der Waals surface area contributed by atoms with Crippen molar-refractivity contribution in [1.29, 1.82) is 0 Å². The molecule has 0 saturated carbocycles. The maximum atomic E-state index is 11.6. The van der Waals surface area contributed by atoms with E-state index in [9.17, 15) is 4.79 Å². The Bertz CT molecular complexity index is 482. The van der Waals surface area contributed by atoms with Gasteiger partial charge in [0.2, 0.25) is 5.91 Å². The number of anilines is 1. The summed E-state index contributed by atoms with van der Waals surface area (Å²) in [6.45, 7) is 0. The van der Waals surface area contributed by atoms with E-state index in [2.05, 4.69) is 10.3 Å². The van der Waals surface area contributed by atoms with Gasteiger partial charge in [0, 0.05) is 22.5 Å². The number of thiazole rings is 1. The first-order valence-corrected chi connectivity index (χ1v) is 6.48. The molecule has 0 aliphatic rings. The van der Waals surface area contributed by atoms with Gasteiger partial charge < -0.3 is 5.32 Å². The van der Waals surface area contributed by atoms with Crippen molar-refractivity contribution in [3.05, 3.63) is 45.9 Å². The number of carbonyl (C=O) groups excluding carboxylic acids is 1. The van der Waals surface area contributed by atoms with Gasteiger partial charge in [-0.2, -0.15) is 0 Å². The van der Waals surface area contributed by atoms with Crippen LogP contribution in [0.5, 0.6) is 0 Å². The lowest BCUT2D eigenvalue weighted by atomic mass is 10.2. The van der Waals surface area contributed by atoms with Gasteiger partial charge in [-0.1, -0.05) is 11.6 Å². The summed E-state index contributed by atoms with van der Waals surface area (Å²) in [6, 6.07) is 7.06. The van der Waals surface area contributed by atoms with Crippen molar-refractivity contribution in [2.75, 3.05) is 5.32 Å². The quantitative estimate of drug-likeness (QED) is 0.922. The molecule has 1 aromatic carbocycles. The lowest BCUT2D eigenvalue weighted by Gasteiger charge is -2.04. The van der Waals surface area contributed by atoms with Gasteiger partial charge in [0.1, 0.15) is 0 Å². The molecule has 0 aliphatic carbocycles. The highest BCUT2D eigenvalue weighted by molar-refractivity contribution is 7.07. The third-order valence-corrected chi connectivity index (χ3v) is 3.11. The maximum absolute atomic E-state index is 11.6. The van der Waals surface area contributed by atoms with Crippen LogP contribution >= 0.6 is 22.9 Å². The summed E-state index contributed by atoms with van der Waals surface area (Å²) in [5, 5.41) is 5.42. The fraction of sp³-hybridized carbons (Fsp3) is 0.167. The molecule has 5 heteroatoms. The Morgan fingerprint density at radius 1 is 1.35 bits per heavy atom. The number of aryl methyl sites for hydroxylation is 1. The Balaban J connectivity index is 1.83. The Morgan fingerprint density at radius 3 is 2.76 bits per heavy atom. The van der Waals surface area contributed by atoms with Gasteiger partial charge in [0.05, 0.1) is 11.2 Å². The summed E-state index contributed by atoms with van der Waals surface area (Å²) in [5.41, 5.74) is 3.49. The number of rotatable bonds is 4. The zero-order chi connectivity index (χ0) is 12.1. The topological polar surface area (TPSA) is 42.0 Å². The first-order valence-electron chi connectivity index (χ1n) is 5.16. The van der Waals surface area contributed by atoms with Crippen LogP contribution in [0.25, 0.3) is 0 Å². The molecular formula is C12H11ClN2OS. The van der Waals surface area contributed by atoms with E-state index >= 15 is 0 Å². The highest BCUT2D eigenvalue weighted by Crippen LogP contribution is 2.14. The van der Waals surface area contributed by atoms with Gasteiger partial charge in [0.25, 0.3) is 0 Å². The number of aromatic nitrogens is 1. The number of hydrogen-bond acceptors (Lipinski definition) is 3. The number of benzene rings is 1. The Morgan fingerprint density at radius 2 is 2.12 bits per heavy atom. The molecule has 0 atom stereocenters. The first kappa shape index (κ1) is 12.1. The molecule has 0 radical (unpaired) electrons. The van der Waals surface area contributed by atoms with E-state index < -0.39 is 0 Å². The van der Waals surface area contributed by atoms with E-state index in [0.29, 0.717) is 17.9 Å². The standard InChI is InChI=1S/C12H11ClN2OS/c13-9-1-3-10(4-2-9)15-12(16)6-5-11-7-17-8-14-11/h1-4,7-8H,5-6H2,(H,15,16). The first-order chi connectivity index (χ1) is 8.24. The third kappa shape index (κ3) is 3.84. The molecule has 88 valence electrons. The summed E-state index contributed by atoms with van der Waals surface area (Å²) in [5.74, 6) is -0.0136. The zero-order valence-corrected chi connectivity index (χ0v) is 10.6. The molecule has 17 heavy (non-hydrogen) atoms. The Kier molecular flexibility index (Phi) is 4.12. The smallest absolute Gasteiger partial charge is 0.224 e. The van der Waals surface area contributed by atoms with Crippen LogP contribution < -0.4 is 5.32 Å². The summed E-state index contributed by atoms with van der Waals surface area (Å²) >= 11 is 7.30. The van der Waals surface area contributed by atoms with Crippen LogP contribution in [-0.2, 0) is 11.2 Å². The van der Waals surface area contributed by atoms with Gasteiger partial charge in [-0.25, -0.2) is 4.98 Å². The SMILES string of the molecule is O=C(CCc1cscn1)Nc1ccc(Cl)cc1. The number of nitrogens with zero attached hydrogens (tertiary/aromatic N) is 1. The van der Waals surface area contributed by atoms with E-state index in [-0.39, 0.29) is 5.91 Å². The van der Waals surface area contributed by atoms with Crippen LogP contribution in [0.1, 0.15) is 12.1 Å². The summed E-state index contributed by atoms with van der Waals surface area (Å²) in [6.07, 6.45) is 1.11. The number of amides is 1. The van der Waals surface area contributed by atoms with Crippen LogP contribution in [0, 0.1) is 0 Å². The van der Waals surface area contributed by atoms with Gasteiger partial charge in [-0.3, -0.25) is 4.79 Å². The van der Waals surface area contributed by atoms with Crippen LogP contribution in [0.15, 0.2) is 35.2 Å². The molecule has 2 aromatic rings. The van der Waals surface area contributed by atoms with Crippen LogP contribution in [0.4, 0.5) is 5.69 Å². The van der Waals surface area contributed by atoms with Crippen molar-refractivity contribution in [1.82, 2.24) is 4.98 Å². The zero-order valence-electron chi connectivity index (χ0n) is 9.02. The normalized spacial score (nSPS) is 10.2. The lowest BCUT2D eigenvalue weighted by Crippen LogP contribution is -2.12. The second-order valence-electron chi connectivity index (χ2n) is 3.53. The molecule has 1 heterocycles. The largest absolute Gasteiger partial charge is 0.326 e. The van der Waals surface area contributed by atoms with Crippen molar-refractivity contribution in [3.8, 4) is 0 Å². The molecule has 0 fully saturated rings. The summed E-state index contributed by atoms with van der Waals surface area (Å²) in [4.78, 5) is 15.8. The van der Waals surface area contributed by atoms with Crippen molar-refractivity contribution >= 4 is 34.5 Å². The van der Waals surface area contributed by atoms with Gasteiger partial charge in [-0.05, 0) is 30.7 Å². The fourth-order valence-electron chi connectivity index (χ4n) is 1.36. The summed E-state index contributed by atoms with van der Waals surface area (Å²) in [7, 11) is 0. The second kappa shape index (κ2) is 5.80. The van der Waals surface area contributed by atoms with Crippen molar-refractivity contribution in [2.24, 2.45) is 0 Å². The van der Waals surface area contributed by atoms with Gasteiger partial charge >= 0.3 is 0 Å². The van der Waals surface area contributed by atoms with Crippen molar-refractivity contribution in [3.63, 3.8) is 0 Å². The molecule has 0 aliphatic heterocycles. The van der Waals surface area contributed by atoms with E-state index in [0.717, 1.165) is 11.4 Å². The maximum Gasteiger partial charge on any atom is 0.224 e. The molecule has 0 bridgehead atoms. The lowest BCUT2D eigenvalue weighted by molar-refractivity contribution is -0.116. The average Bonchev–Trinajstić information content (AvgIpc) is 2.83. The average molecular weight is 267 g/mol. The van der Waals surface area contributed by atoms with E-state index in [1.165, 1.54) is 11.3 Å². The van der Waals surface area contributed by atoms with Gasteiger partial charge in [0.15, 0.2) is 0 Å². The highest BCUT2D eigenvalue weighted by Gasteiger charge is 2.04. The minimum Gasteiger partial charge on any atom is -0.326 e. The molecule has 1 amide bonds. The molecular weight excluding hydrogens is 256 g/mol. The molecule has 1 aromatic heterocycles. The number of halogens is 1. The molecule has 0 saturated heterocycles. The minimum atomic E-state index is -0.0136. The fourth-order valence-corrected chi connectivity index (χ4v) is 2.08. The van der Waals surface area contributed by atoms with Crippen LogP contribution in [0.3, 0.4) is 0 Å². The van der Waals surface area contributed by atoms with E-state index in [1.807, 2.05) is 5.38 Å². The Labute approximate surface area is 108 Å². The summed E-state index contributed by atoms with van der Waals surface area (Å²) < 4.78 is 0. The van der Waals surface area contributed by atoms with Crippen molar-refractivity contribution in [2.45, 2.75) is 12.8 Å². The van der Waals surface area contributed by atoms with E-state index in [4.69, 9.17) is 11.6 Å². The highest BCUT2D eigenvalue weighted by atomic mass is 35.5. The molecule has 1 N–H and O–H groups in total. The molecule has 0 unspecified atom stereocenters. The number of carbonyl (C=O) groups is 1. The Hall–Kier alpha value is -1.39. The monoisotopic (exact) mass is 266 g/mol. The minimum absolute atomic E-state index is 0.0136. The predicted molar refractivity (Wildman–Crippen MR) is 70.5 cm³/mol. The molecule has 0 spiro atoms. The predicted octanol–water partition coefficient (Wildman–Crippen LogP) is 3.37. The van der Waals surface area contributed by atoms with Crippen molar-refractivity contribution < 1.29 is 4.79 Å². The van der Waals surface area contributed by atoms with Gasteiger partial charge in [-0.15, -0.1) is 11.3 Å². The number of hydrogen-bond donors (Lipinski definition) is 1. The third-order valence-electron chi connectivity index (χ3n) is 2.22. The van der Waals surface area contributed by atoms with E-state index in [1.54, 1.807) is 29.8 Å². The van der Waals surface area contributed by atoms with Crippen LogP contribution in [-0.4, -0.2) is 10.9 Å². The number of nitrogens with one attached hydrogen (secondary N) is 1. The molecule has 3 nitrogen and oxygen atoms in total. The second-order valence-corrected chi connectivity index (χ2v) is 4.69. The molecule has 2 rings (SSSR count). The van der Waals surface area contributed by atoms with Crippen LogP contribution in [0.2, 0.25) is 5.02 Å².